The van der Waals surface area contributed by atoms with E-state index in [2.05, 4.69) is 0 Å². The van der Waals surface area contributed by atoms with Crippen molar-refractivity contribution >= 4 is 16.9 Å². The fourth-order valence-electron chi connectivity index (χ4n) is 4.57. The maximum atomic E-state index is 15.6. The van der Waals surface area contributed by atoms with Crippen LogP contribution in [0.4, 0.5) is 8.78 Å². The fraction of sp³-hybridized carbons (Fsp3) is 0.222. The lowest BCUT2D eigenvalue weighted by atomic mass is 9.84. The number of carboxylic acids is 1. The van der Waals surface area contributed by atoms with Gasteiger partial charge in [0.1, 0.15) is 11.6 Å². The molecular weight excluding hydrogens is 456 g/mol. The molecule has 4 aromatic rings. The first-order valence-electron chi connectivity index (χ1n) is 10.8. The van der Waals surface area contributed by atoms with Crippen LogP contribution in [0.1, 0.15) is 29.9 Å². The molecule has 0 fully saturated rings. The zero-order chi connectivity index (χ0) is 25.5. The number of carbonyl (C=O) groups is 1. The van der Waals surface area contributed by atoms with Crippen molar-refractivity contribution in [2.45, 2.75) is 19.3 Å². The van der Waals surface area contributed by atoms with Crippen LogP contribution in [0.3, 0.4) is 0 Å². The van der Waals surface area contributed by atoms with E-state index < -0.39 is 23.0 Å². The van der Waals surface area contributed by atoms with Gasteiger partial charge in [0.05, 0.1) is 35.9 Å². The zero-order valence-electron chi connectivity index (χ0n) is 19.7. The lowest BCUT2D eigenvalue weighted by molar-refractivity contribution is 0.0697. The van der Waals surface area contributed by atoms with Gasteiger partial charge in [0.15, 0.2) is 11.6 Å². The molecule has 3 aromatic carbocycles. The lowest BCUT2D eigenvalue weighted by Gasteiger charge is -2.28. The van der Waals surface area contributed by atoms with Gasteiger partial charge in [-0.1, -0.05) is 32.0 Å². The van der Waals surface area contributed by atoms with Gasteiger partial charge in [0, 0.05) is 29.8 Å². The molecular formula is C27H25F2NO5. The summed E-state index contributed by atoms with van der Waals surface area (Å²) in [6.45, 7) is 4.00. The maximum absolute atomic E-state index is 15.6. The largest absolute Gasteiger partial charge is 0.507 e. The molecule has 0 aliphatic heterocycles. The summed E-state index contributed by atoms with van der Waals surface area (Å²) in [6, 6.07) is 13.0. The summed E-state index contributed by atoms with van der Waals surface area (Å²) >= 11 is 0. The number of aromatic carboxylic acids is 1. The van der Waals surface area contributed by atoms with Crippen LogP contribution in [0.5, 0.6) is 11.5 Å². The van der Waals surface area contributed by atoms with Crippen LogP contribution in [0.2, 0.25) is 0 Å². The monoisotopic (exact) mass is 481 g/mol. The number of halogens is 2. The minimum atomic E-state index is -1.08. The highest BCUT2D eigenvalue weighted by Gasteiger charge is 2.34. The number of phenols is 1. The molecule has 4 rings (SSSR count). The highest BCUT2D eigenvalue weighted by molar-refractivity contribution is 6.04. The molecule has 0 unspecified atom stereocenters. The van der Waals surface area contributed by atoms with Gasteiger partial charge in [-0.2, -0.15) is 0 Å². The van der Waals surface area contributed by atoms with Crippen LogP contribution in [0.15, 0.2) is 54.6 Å². The molecule has 0 saturated carbocycles. The van der Waals surface area contributed by atoms with Gasteiger partial charge in [-0.15, -0.1) is 0 Å². The van der Waals surface area contributed by atoms with E-state index in [1.54, 1.807) is 35.9 Å². The summed E-state index contributed by atoms with van der Waals surface area (Å²) in [5.41, 5.74) is 1.31. The van der Waals surface area contributed by atoms with Crippen molar-refractivity contribution in [3.05, 3.63) is 77.5 Å². The van der Waals surface area contributed by atoms with Gasteiger partial charge in [0.25, 0.3) is 0 Å². The number of benzene rings is 3. The average Bonchev–Trinajstić information content (AvgIpc) is 3.15. The van der Waals surface area contributed by atoms with Crippen LogP contribution in [0.25, 0.3) is 27.7 Å². The van der Waals surface area contributed by atoms with Crippen molar-refractivity contribution < 1.29 is 33.3 Å². The lowest BCUT2D eigenvalue weighted by Crippen LogP contribution is -2.27. The van der Waals surface area contributed by atoms with Crippen molar-refractivity contribution in [3.63, 3.8) is 0 Å². The van der Waals surface area contributed by atoms with Crippen LogP contribution in [-0.4, -0.2) is 41.6 Å². The van der Waals surface area contributed by atoms with E-state index in [0.29, 0.717) is 22.2 Å². The molecule has 0 spiro atoms. The molecule has 0 bridgehead atoms. The van der Waals surface area contributed by atoms with Crippen molar-refractivity contribution in [2.75, 3.05) is 20.8 Å². The number of hydrogen-bond donors (Lipinski definition) is 2. The second kappa shape index (κ2) is 9.03. The molecule has 0 aliphatic carbocycles. The Balaban J connectivity index is 2.22. The topological polar surface area (TPSA) is 80.9 Å². The third-order valence-corrected chi connectivity index (χ3v) is 5.98. The van der Waals surface area contributed by atoms with Gasteiger partial charge in [-0.25, -0.2) is 13.6 Å². The molecule has 0 amide bonds. The Morgan fingerprint density at radius 2 is 1.74 bits per heavy atom. The Morgan fingerprint density at radius 1 is 1.06 bits per heavy atom. The quantitative estimate of drug-likeness (QED) is 0.343. The predicted molar refractivity (Wildman–Crippen MR) is 129 cm³/mol. The van der Waals surface area contributed by atoms with Crippen molar-refractivity contribution in [2.24, 2.45) is 0 Å². The third kappa shape index (κ3) is 4.10. The fourth-order valence-corrected chi connectivity index (χ4v) is 4.57. The molecule has 8 heteroatoms. The molecule has 0 radical (unpaired) electrons. The minimum Gasteiger partial charge on any atom is -0.507 e. The normalized spacial score (nSPS) is 11.7. The second-order valence-corrected chi connectivity index (χ2v) is 8.87. The van der Waals surface area contributed by atoms with Crippen LogP contribution in [0, 0.1) is 11.6 Å². The number of phenolic OH excluding ortho intramolecular Hbond substituents is 1. The Kier molecular flexibility index (Phi) is 6.25. The highest BCUT2D eigenvalue weighted by atomic mass is 19.1. The van der Waals surface area contributed by atoms with Crippen molar-refractivity contribution in [1.29, 1.82) is 0 Å². The molecule has 182 valence electrons. The molecule has 6 nitrogen and oxygen atoms in total. The summed E-state index contributed by atoms with van der Waals surface area (Å²) in [6.07, 6.45) is 0. The summed E-state index contributed by atoms with van der Waals surface area (Å²) in [5.74, 6) is -2.75. The first-order valence-corrected chi connectivity index (χ1v) is 10.8. The molecule has 35 heavy (non-hydrogen) atoms. The first kappa shape index (κ1) is 24.2. The average molecular weight is 481 g/mol. The molecule has 1 heterocycles. The van der Waals surface area contributed by atoms with Crippen LogP contribution < -0.4 is 4.74 Å². The Bertz CT molecular complexity index is 1420. The smallest absolute Gasteiger partial charge is 0.335 e. The Hall–Kier alpha value is -3.91. The number of rotatable bonds is 7. The van der Waals surface area contributed by atoms with Gasteiger partial charge in [-0.05, 0) is 35.9 Å². The number of hydrogen-bond acceptors (Lipinski definition) is 4. The molecule has 0 atom stereocenters. The van der Waals surface area contributed by atoms with E-state index in [9.17, 15) is 19.4 Å². The number of fused-ring (bicyclic) bond motifs is 1. The minimum absolute atomic E-state index is 0.00725. The standard InChI is InChI=1S/C27H25F2NO5/c1-27(2,14-34-3)25-22(15-8-10-16(11-9-15)26(32)33)23-19(12-17(28)13-20(23)31)30(25)18-6-5-7-21(35-4)24(18)29/h5-13,31H,14H2,1-4H3,(H,32,33). The van der Waals surface area contributed by atoms with E-state index in [4.69, 9.17) is 9.47 Å². The van der Waals surface area contributed by atoms with Crippen LogP contribution >= 0.6 is 0 Å². The van der Waals surface area contributed by atoms with Gasteiger partial charge >= 0.3 is 5.97 Å². The predicted octanol–water partition coefficient (Wildman–Crippen LogP) is 5.91. The van der Waals surface area contributed by atoms with Gasteiger partial charge < -0.3 is 24.3 Å². The number of nitrogens with zero attached hydrogens (tertiary/aromatic N) is 1. The van der Waals surface area contributed by atoms with Crippen LogP contribution in [-0.2, 0) is 10.2 Å². The number of aromatic hydroxyl groups is 1. The molecule has 2 N–H and O–H groups in total. The van der Waals surface area contributed by atoms with E-state index >= 15 is 4.39 Å². The van der Waals surface area contributed by atoms with E-state index in [0.717, 1.165) is 6.07 Å². The number of carboxylic acid groups (broad SMARTS) is 1. The summed E-state index contributed by atoms with van der Waals surface area (Å²) in [7, 11) is 2.89. The second-order valence-electron chi connectivity index (χ2n) is 8.87. The number of aromatic nitrogens is 1. The van der Waals surface area contributed by atoms with Gasteiger partial charge in [-0.3, -0.25) is 0 Å². The van der Waals surface area contributed by atoms with E-state index in [1.807, 2.05) is 13.8 Å². The van der Waals surface area contributed by atoms with Gasteiger partial charge in [0.2, 0.25) is 0 Å². The highest BCUT2D eigenvalue weighted by Crippen LogP contribution is 2.47. The van der Waals surface area contributed by atoms with Crippen molar-refractivity contribution in [1.82, 2.24) is 4.57 Å². The summed E-state index contributed by atoms with van der Waals surface area (Å²) in [4.78, 5) is 11.4. The van der Waals surface area contributed by atoms with Crippen molar-refractivity contribution in [3.8, 4) is 28.3 Å². The number of ether oxygens (including phenoxy) is 2. The SMILES string of the molecule is COCC(C)(C)c1c(-c2ccc(C(=O)O)cc2)c2c(O)cc(F)cc2n1-c1cccc(OC)c1F. The number of methoxy groups -OCH3 is 2. The maximum Gasteiger partial charge on any atom is 0.335 e. The first-order chi connectivity index (χ1) is 16.6. The molecule has 0 aliphatic rings. The summed E-state index contributed by atoms with van der Waals surface area (Å²) < 4.78 is 42.4. The zero-order valence-corrected chi connectivity index (χ0v) is 19.7. The molecule has 1 aromatic heterocycles. The third-order valence-electron chi connectivity index (χ3n) is 5.98. The summed E-state index contributed by atoms with van der Waals surface area (Å²) in [5, 5.41) is 20.5. The van der Waals surface area contributed by atoms with E-state index in [1.165, 1.54) is 31.4 Å². The Morgan fingerprint density at radius 3 is 2.34 bits per heavy atom. The Labute approximate surface area is 201 Å². The molecule has 0 saturated heterocycles. The van der Waals surface area contributed by atoms with E-state index in [-0.39, 0.29) is 34.9 Å².